The van der Waals surface area contributed by atoms with Gasteiger partial charge >= 0.3 is 0 Å². The van der Waals surface area contributed by atoms with Gasteiger partial charge < -0.3 is 4.74 Å². The fourth-order valence-corrected chi connectivity index (χ4v) is 4.50. The van der Waals surface area contributed by atoms with Crippen molar-refractivity contribution in [3.63, 3.8) is 0 Å². The van der Waals surface area contributed by atoms with Crippen molar-refractivity contribution < 1.29 is 13.2 Å². The summed E-state index contributed by atoms with van der Waals surface area (Å²) >= 11 is 0. The van der Waals surface area contributed by atoms with E-state index in [1.54, 1.807) is 30.3 Å². The average Bonchev–Trinajstić information content (AvgIpc) is 3.11. The zero-order valence-electron chi connectivity index (χ0n) is 14.3. The molecule has 132 valence electrons. The molecule has 2 atom stereocenters. The number of benzene rings is 2. The summed E-state index contributed by atoms with van der Waals surface area (Å²) in [4.78, 5) is 0.247. The van der Waals surface area contributed by atoms with E-state index in [0.29, 0.717) is 6.61 Å². The van der Waals surface area contributed by atoms with E-state index >= 15 is 0 Å². The lowest BCUT2D eigenvalue weighted by molar-refractivity contribution is 0.0189. The predicted molar refractivity (Wildman–Crippen MR) is 98.8 cm³/mol. The van der Waals surface area contributed by atoms with Crippen LogP contribution < -0.4 is 4.72 Å². The van der Waals surface area contributed by atoms with Crippen molar-refractivity contribution in [2.24, 2.45) is 0 Å². The topological polar surface area (TPSA) is 55.4 Å². The van der Waals surface area contributed by atoms with Gasteiger partial charge in [-0.1, -0.05) is 54.1 Å². The van der Waals surface area contributed by atoms with Gasteiger partial charge in [0.25, 0.3) is 0 Å². The molecule has 0 unspecified atom stereocenters. The summed E-state index contributed by atoms with van der Waals surface area (Å²) < 4.78 is 34.7. The molecule has 1 fully saturated rings. The Bertz CT molecular complexity index is 823. The van der Waals surface area contributed by atoms with Crippen LogP contribution in [0.4, 0.5) is 0 Å². The molecule has 1 aliphatic rings. The van der Waals surface area contributed by atoms with E-state index in [-0.39, 0.29) is 4.90 Å². The van der Waals surface area contributed by atoms with Gasteiger partial charge in [0.1, 0.15) is 5.60 Å². The minimum Gasteiger partial charge on any atom is -0.369 e. The first-order valence-corrected chi connectivity index (χ1v) is 9.87. The maximum Gasteiger partial charge on any atom is 0.241 e. The van der Waals surface area contributed by atoms with Crippen molar-refractivity contribution in [2.75, 3.05) is 6.61 Å². The Morgan fingerprint density at radius 2 is 1.84 bits per heavy atom. The van der Waals surface area contributed by atoms with Crippen LogP contribution >= 0.6 is 0 Å². The van der Waals surface area contributed by atoms with E-state index in [9.17, 15) is 8.42 Å². The molecule has 5 heteroatoms. The summed E-state index contributed by atoms with van der Waals surface area (Å²) in [6.45, 7) is 6.44. The summed E-state index contributed by atoms with van der Waals surface area (Å²) in [7, 11) is -3.69. The molecule has 1 aliphatic heterocycles. The summed E-state index contributed by atoms with van der Waals surface area (Å²) in [5.41, 5.74) is 1.14. The molecule has 0 spiro atoms. The highest BCUT2D eigenvalue weighted by molar-refractivity contribution is 7.89. The highest BCUT2D eigenvalue weighted by Crippen LogP contribution is 2.39. The van der Waals surface area contributed by atoms with Crippen LogP contribution in [0.1, 0.15) is 30.0 Å². The van der Waals surface area contributed by atoms with E-state index in [1.807, 2.05) is 37.3 Å². The lowest BCUT2D eigenvalue weighted by atomic mass is 9.87. The summed E-state index contributed by atoms with van der Waals surface area (Å²) in [5.74, 6) is 0. The van der Waals surface area contributed by atoms with E-state index in [1.165, 1.54) is 0 Å². The number of rotatable bonds is 6. The minimum atomic E-state index is -3.69. The second-order valence-corrected chi connectivity index (χ2v) is 8.10. The van der Waals surface area contributed by atoms with Gasteiger partial charge in [0.15, 0.2) is 0 Å². The number of nitrogens with one attached hydrogen (secondary N) is 1. The van der Waals surface area contributed by atoms with Gasteiger partial charge in [-0.15, -0.1) is 6.58 Å². The van der Waals surface area contributed by atoms with Gasteiger partial charge in [-0.3, -0.25) is 0 Å². The molecule has 3 rings (SSSR count). The third-order valence-corrected chi connectivity index (χ3v) is 6.09. The Hall–Kier alpha value is -1.95. The molecule has 0 aromatic heterocycles. The number of hydrogen-bond donors (Lipinski definition) is 1. The number of ether oxygens (including phenoxy) is 1. The monoisotopic (exact) mass is 357 g/mol. The molecule has 0 amide bonds. The normalized spacial score (nSPS) is 21.8. The molecule has 0 saturated carbocycles. The Balaban J connectivity index is 2.00. The molecule has 1 N–H and O–H groups in total. The average molecular weight is 357 g/mol. The van der Waals surface area contributed by atoms with Crippen molar-refractivity contribution in [3.8, 4) is 0 Å². The highest BCUT2D eigenvalue weighted by Gasteiger charge is 2.43. The molecular weight excluding hydrogens is 334 g/mol. The van der Waals surface area contributed by atoms with Gasteiger partial charge in [-0.05, 0) is 37.5 Å². The van der Waals surface area contributed by atoms with Crippen molar-refractivity contribution in [1.29, 1.82) is 0 Å². The summed E-state index contributed by atoms with van der Waals surface area (Å²) in [6.07, 6.45) is 3.34. The molecule has 0 bridgehead atoms. The second kappa shape index (κ2) is 7.12. The van der Waals surface area contributed by atoms with Crippen LogP contribution in [-0.2, 0) is 14.8 Å². The van der Waals surface area contributed by atoms with Crippen LogP contribution in [0.25, 0.3) is 0 Å². The standard InChI is InChI=1S/C20H23NO3S/c1-3-20(14-7-15-24-20)19(17-8-5-4-6-9-17)21-25(22,23)18-12-10-16(2)11-13-18/h3-6,8-13,19,21H,1,7,14-15H2,2H3/t19-,20-/m0/s1. The zero-order chi connectivity index (χ0) is 17.9. The third-order valence-electron chi connectivity index (χ3n) is 4.65. The van der Waals surface area contributed by atoms with Crippen LogP contribution in [0.2, 0.25) is 0 Å². The number of sulfonamides is 1. The minimum absolute atomic E-state index is 0.247. The lowest BCUT2D eigenvalue weighted by Gasteiger charge is -2.34. The predicted octanol–water partition coefficient (Wildman–Crippen LogP) is 3.75. The summed E-state index contributed by atoms with van der Waals surface area (Å²) in [5, 5.41) is 0. The Morgan fingerprint density at radius 3 is 2.40 bits per heavy atom. The highest BCUT2D eigenvalue weighted by atomic mass is 32.2. The fourth-order valence-electron chi connectivity index (χ4n) is 3.23. The SMILES string of the molecule is C=C[C@@]1([C@@H](NS(=O)(=O)c2ccc(C)cc2)c2ccccc2)CCCO1. The number of hydrogen-bond acceptors (Lipinski definition) is 3. The molecule has 0 aliphatic carbocycles. The first-order chi connectivity index (χ1) is 12.0. The number of aryl methyl sites for hydroxylation is 1. The first-order valence-electron chi connectivity index (χ1n) is 8.38. The smallest absolute Gasteiger partial charge is 0.241 e. The van der Waals surface area contributed by atoms with E-state index in [0.717, 1.165) is 24.0 Å². The van der Waals surface area contributed by atoms with Crippen LogP contribution in [-0.4, -0.2) is 20.6 Å². The Kier molecular flexibility index (Phi) is 5.08. The largest absolute Gasteiger partial charge is 0.369 e. The summed E-state index contributed by atoms with van der Waals surface area (Å²) in [6, 6.07) is 15.8. The van der Waals surface area contributed by atoms with Gasteiger partial charge in [-0.25, -0.2) is 13.1 Å². The van der Waals surface area contributed by atoms with E-state index < -0.39 is 21.7 Å². The molecule has 4 nitrogen and oxygen atoms in total. The zero-order valence-corrected chi connectivity index (χ0v) is 15.1. The molecular formula is C20H23NO3S. The van der Waals surface area contributed by atoms with Crippen molar-refractivity contribution in [1.82, 2.24) is 4.72 Å². The van der Waals surface area contributed by atoms with Crippen LogP contribution in [0, 0.1) is 6.92 Å². The van der Waals surface area contributed by atoms with E-state index in [4.69, 9.17) is 4.74 Å². The third kappa shape index (κ3) is 3.68. The molecule has 1 saturated heterocycles. The van der Waals surface area contributed by atoms with Crippen LogP contribution in [0.15, 0.2) is 72.1 Å². The van der Waals surface area contributed by atoms with Gasteiger partial charge in [0, 0.05) is 6.61 Å². The molecule has 25 heavy (non-hydrogen) atoms. The molecule has 2 aromatic carbocycles. The maximum absolute atomic E-state index is 12.9. The van der Waals surface area contributed by atoms with Crippen molar-refractivity contribution in [2.45, 2.75) is 36.3 Å². The first kappa shape index (κ1) is 17.9. The van der Waals surface area contributed by atoms with Crippen molar-refractivity contribution >= 4 is 10.0 Å². The van der Waals surface area contributed by atoms with Crippen molar-refractivity contribution in [3.05, 3.63) is 78.4 Å². The van der Waals surface area contributed by atoms with Gasteiger partial charge in [0.05, 0.1) is 10.9 Å². The molecule has 1 heterocycles. The molecule has 2 aromatic rings. The Morgan fingerprint density at radius 1 is 1.16 bits per heavy atom. The van der Waals surface area contributed by atoms with Crippen LogP contribution in [0.3, 0.4) is 0 Å². The van der Waals surface area contributed by atoms with Gasteiger partial charge in [0.2, 0.25) is 10.0 Å². The lowest BCUT2D eigenvalue weighted by Crippen LogP contribution is -2.44. The Labute approximate surface area is 149 Å². The van der Waals surface area contributed by atoms with Crippen LogP contribution in [0.5, 0.6) is 0 Å². The second-order valence-electron chi connectivity index (χ2n) is 6.39. The quantitative estimate of drug-likeness (QED) is 0.801. The van der Waals surface area contributed by atoms with Gasteiger partial charge in [-0.2, -0.15) is 0 Å². The maximum atomic E-state index is 12.9. The fraction of sp³-hybridized carbons (Fsp3) is 0.300. The van der Waals surface area contributed by atoms with E-state index in [2.05, 4.69) is 11.3 Å². The molecule has 0 radical (unpaired) electrons.